The lowest BCUT2D eigenvalue weighted by Crippen LogP contribution is -2.41. The topological polar surface area (TPSA) is 76.6 Å². The number of fused-ring (bicyclic) bond motifs is 1. The molecule has 0 spiro atoms. The molecule has 0 saturated carbocycles. The van der Waals surface area contributed by atoms with E-state index in [1.165, 1.54) is 4.90 Å². The Morgan fingerprint density at radius 3 is 2.49 bits per heavy atom. The van der Waals surface area contributed by atoms with Crippen molar-refractivity contribution in [3.8, 4) is 5.69 Å². The maximum atomic E-state index is 13.8. The van der Waals surface area contributed by atoms with Gasteiger partial charge >= 0.3 is 6.09 Å². The lowest BCUT2D eigenvalue weighted by molar-refractivity contribution is 0.0713. The largest absolute Gasteiger partial charge is 0.445 e. The van der Waals surface area contributed by atoms with Gasteiger partial charge in [-0.2, -0.15) is 0 Å². The highest BCUT2D eigenvalue weighted by Crippen LogP contribution is 2.29. The summed E-state index contributed by atoms with van der Waals surface area (Å²) in [4.78, 5) is 31.5. The summed E-state index contributed by atoms with van der Waals surface area (Å²) in [7, 11) is 1.60. The Labute approximate surface area is 204 Å². The molecule has 35 heavy (non-hydrogen) atoms. The van der Waals surface area contributed by atoms with Crippen molar-refractivity contribution in [2.75, 3.05) is 13.7 Å². The molecule has 2 atom stereocenters. The Balaban J connectivity index is 1.43. The normalized spacial score (nSPS) is 17.7. The predicted octanol–water partition coefficient (Wildman–Crippen LogP) is 5.18. The van der Waals surface area contributed by atoms with Gasteiger partial charge in [-0.05, 0) is 49.7 Å². The SMILES string of the molecule is COC1C[C@H](C(=O)c2c[nH]c3ccc(-n4c(C)ccc4C)cc23)N(C(=O)OCc2ccccc2)C1. The number of carbonyl (C=O) groups excluding carboxylic acids is 2. The van der Waals surface area contributed by atoms with Gasteiger partial charge in [0, 0.05) is 53.3 Å². The van der Waals surface area contributed by atoms with Crippen LogP contribution in [0.1, 0.15) is 33.7 Å². The van der Waals surface area contributed by atoms with Crippen LogP contribution in [-0.2, 0) is 16.1 Å². The first-order valence-corrected chi connectivity index (χ1v) is 11.8. The van der Waals surface area contributed by atoms with Gasteiger partial charge in [0.25, 0.3) is 0 Å². The van der Waals surface area contributed by atoms with Crippen LogP contribution in [0.2, 0.25) is 0 Å². The first kappa shape index (κ1) is 22.9. The number of nitrogens with one attached hydrogen (secondary N) is 1. The average Bonchev–Trinajstić information content (AvgIpc) is 3.59. The van der Waals surface area contributed by atoms with E-state index in [0.29, 0.717) is 18.5 Å². The Bertz CT molecular complexity index is 1350. The van der Waals surface area contributed by atoms with E-state index in [-0.39, 0.29) is 18.5 Å². The fraction of sp³-hybridized carbons (Fsp3) is 0.286. The van der Waals surface area contributed by atoms with Crippen molar-refractivity contribution < 1.29 is 19.1 Å². The fourth-order valence-electron chi connectivity index (χ4n) is 4.93. The monoisotopic (exact) mass is 471 g/mol. The van der Waals surface area contributed by atoms with Gasteiger partial charge in [0.2, 0.25) is 0 Å². The molecule has 2 aromatic carbocycles. The number of aromatic nitrogens is 2. The second-order valence-electron chi connectivity index (χ2n) is 9.05. The number of aryl methyl sites for hydroxylation is 2. The van der Waals surface area contributed by atoms with E-state index >= 15 is 0 Å². The molecule has 1 fully saturated rings. The molecule has 3 heterocycles. The van der Waals surface area contributed by atoms with Crippen molar-refractivity contribution in [2.45, 2.75) is 39.0 Å². The number of carbonyl (C=O) groups is 2. The molecule has 7 heteroatoms. The van der Waals surface area contributed by atoms with E-state index in [1.54, 1.807) is 13.3 Å². The fourth-order valence-corrected chi connectivity index (χ4v) is 4.93. The Kier molecular flexibility index (Phi) is 6.17. The Morgan fingerprint density at radius 2 is 1.77 bits per heavy atom. The highest BCUT2D eigenvalue weighted by atomic mass is 16.6. The molecule has 1 amide bonds. The van der Waals surface area contributed by atoms with E-state index in [9.17, 15) is 9.59 Å². The van der Waals surface area contributed by atoms with E-state index in [2.05, 4.69) is 35.5 Å². The maximum Gasteiger partial charge on any atom is 0.410 e. The number of ketones is 1. The number of nitrogens with zero attached hydrogens (tertiary/aromatic N) is 2. The van der Waals surface area contributed by atoms with Gasteiger partial charge in [-0.15, -0.1) is 0 Å². The number of likely N-dealkylation sites (tertiary alicyclic amines) is 1. The van der Waals surface area contributed by atoms with Crippen molar-refractivity contribution >= 4 is 22.8 Å². The summed E-state index contributed by atoms with van der Waals surface area (Å²) in [6.45, 7) is 4.59. The minimum absolute atomic E-state index is 0.120. The zero-order valence-electron chi connectivity index (χ0n) is 20.2. The summed E-state index contributed by atoms with van der Waals surface area (Å²) in [5, 5.41) is 0.832. The summed E-state index contributed by atoms with van der Waals surface area (Å²) in [6.07, 6.45) is 1.43. The van der Waals surface area contributed by atoms with Crippen LogP contribution in [0.15, 0.2) is 66.9 Å². The Morgan fingerprint density at radius 1 is 1.03 bits per heavy atom. The molecular formula is C28H29N3O4. The number of benzene rings is 2. The molecule has 7 nitrogen and oxygen atoms in total. The minimum Gasteiger partial charge on any atom is -0.445 e. The third-order valence-electron chi connectivity index (χ3n) is 6.80. The molecule has 1 saturated heterocycles. The molecule has 1 N–H and O–H groups in total. The minimum atomic E-state index is -0.652. The smallest absolute Gasteiger partial charge is 0.410 e. The third-order valence-corrected chi connectivity index (χ3v) is 6.80. The number of aromatic amines is 1. The molecule has 0 aliphatic carbocycles. The molecule has 0 radical (unpaired) electrons. The standard InChI is InChI=1S/C28H29N3O4/c1-18-9-10-19(2)31(18)21-11-12-25-23(13-21)24(15-29-25)27(32)26-14-22(34-3)16-30(26)28(33)35-17-20-7-5-4-6-8-20/h4-13,15,22,26,29H,14,16-17H2,1-3H3/t22?,26-/m1/s1. The highest BCUT2D eigenvalue weighted by Gasteiger charge is 2.41. The highest BCUT2D eigenvalue weighted by molar-refractivity contribution is 6.11. The molecular weight excluding hydrogens is 442 g/mol. The number of methoxy groups -OCH3 is 1. The molecule has 0 bridgehead atoms. The van der Waals surface area contributed by atoms with E-state index in [1.807, 2.05) is 48.5 Å². The van der Waals surface area contributed by atoms with Crippen LogP contribution >= 0.6 is 0 Å². The van der Waals surface area contributed by atoms with Gasteiger partial charge in [0.15, 0.2) is 5.78 Å². The van der Waals surface area contributed by atoms with Crippen LogP contribution < -0.4 is 0 Å². The molecule has 5 rings (SSSR count). The van der Waals surface area contributed by atoms with Crippen LogP contribution in [0.4, 0.5) is 4.79 Å². The Hall–Kier alpha value is -3.84. The summed E-state index contributed by atoms with van der Waals surface area (Å²) in [5.41, 5.74) is 5.57. The molecule has 180 valence electrons. The number of hydrogen-bond acceptors (Lipinski definition) is 4. The quantitative estimate of drug-likeness (QED) is 0.393. The van der Waals surface area contributed by atoms with Crippen LogP contribution in [-0.4, -0.2) is 52.1 Å². The lowest BCUT2D eigenvalue weighted by atomic mass is 10.0. The maximum absolute atomic E-state index is 13.8. The first-order valence-electron chi connectivity index (χ1n) is 11.8. The lowest BCUT2D eigenvalue weighted by Gasteiger charge is -2.22. The summed E-state index contributed by atoms with van der Waals surface area (Å²) in [5.74, 6) is -0.120. The zero-order valence-corrected chi connectivity index (χ0v) is 20.2. The second kappa shape index (κ2) is 9.43. The van der Waals surface area contributed by atoms with Crippen LogP contribution in [0.3, 0.4) is 0 Å². The number of hydrogen-bond donors (Lipinski definition) is 1. The second-order valence-corrected chi connectivity index (χ2v) is 9.05. The number of ether oxygens (including phenoxy) is 2. The molecule has 1 aliphatic rings. The van der Waals surface area contributed by atoms with Crippen LogP contribution in [0.5, 0.6) is 0 Å². The molecule has 4 aromatic rings. The summed E-state index contributed by atoms with van der Waals surface area (Å²) >= 11 is 0. The van der Waals surface area contributed by atoms with Gasteiger partial charge in [0.05, 0.1) is 12.6 Å². The predicted molar refractivity (Wildman–Crippen MR) is 134 cm³/mol. The summed E-state index contributed by atoms with van der Waals surface area (Å²) < 4.78 is 13.2. The summed E-state index contributed by atoms with van der Waals surface area (Å²) in [6, 6.07) is 19.1. The van der Waals surface area contributed by atoms with Crippen molar-refractivity contribution in [3.63, 3.8) is 0 Å². The number of rotatable bonds is 6. The van der Waals surface area contributed by atoms with Gasteiger partial charge in [-0.3, -0.25) is 9.69 Å². The van der Waals surface area contributed by atoms with Crippen molar-refractivity contribution in [2.24, 2.45) is 0 Å². The first-order chi connectivity index (χ1) is 17.0. The molecule has 1 aliphatic heterocycles. The average molecular weight is 472 g/mol. The third kappa shape index (κ3) is 4.35. The van der Waals surface area contributed by atoms with Crippen LogP contribution in [0, 0.1) is 13.8 Å². The van der Waals surface area contributed by atoms with Crippen molar-refractivity contribution in [1.29, 1.82) is 0 Å². The number of amides is 1. The van der Waals surface area contributed by atoms with E-state index in [4.69, 9.17) is 9.47 Å². The molecule has 2 aromatic heterocycles. The van der Waals surface area contributed by atoms with Crippen LogP contribution in [0.25, 0.3) is 16.6 Å². The van der Waals surface area contributed by atoms with Gasteiger partial charge < -0.3 is 19.0 Å². The zero-order chi connectivity index (χ0) is 24.5. The molecule has 1 unspecified atom stereocenters. The van der Waals surface area contributed by atoms with Crippen molar-refractivity contribution in [3.05, 3.63) is 89.4 Å². The van der Waals surface area contributed by atoms with E-state index < -0.39 is 12.1 Å². The van der Waals surface area contributed by atoms with E-state index in [0.717, 1.165) is 33.5 Å². The van der Waals surface area contributed by atoms with Crippen molar-refractivity contribution in [1.82, 2.24) is 14.5 Å². The number of Topliss-reactive ketones (excluding diaryl/α,β-unsaturated/α-hetero) is 1. The van der Waals surface area contributed by atoms with Gasteiger partial charge in [-0.1, -0.05) is 30.3 Å². The van der Waals surface area contributed by atoms with Gasteiger partial charge in [0.1, 0.15) is 12.6 Å². The number of H-pyrrole nitrogens is 1. The van der Waals surface area contributed by atoms with Gasteiger partial charge in [-0.25, -0.2) is 4.79 Å².